The fraction of sp³-hybridized carbons (Fsp3) is 0.400. The second-order valence-electron chi connectivity index (χ2n) is 7.55. The van der Waals surface area contributed by atoms with Crippen molar-refractivity contribution >= 4 is 33.5 Å². The molecule has 0 radical (unpaired) electrons. The van der Waals surface area contributed by atoms with Crippen molar-refractivity contribution in [2.75, 3.05) is 6.61 Å². The number of imidazole rings is 1. The number of aromatic nitrogens is 5. The summed E-state index contributed by atoms with van der Waals surface area (Å²) in [5.74, 6) is 0.753. The Morgan fingerprint density at radius 1 is 1.27 bits per heavy atom. The molecule has 5 rings (SSSR count). The van der Waals surface area contributed by atoms with Gasteiger partial charge in [0.05, 0.1) is 41.0 Å². The van der Waals surface area contributed by atoms with Crippen LogP contribution in [0.1, 0.15) is 42.9 Å². The second kappa shape index (κ2) is 7.28. The van der Waals surface area contributed by atoms with Crippen LogP contribution in [-0.4, -0.2) is 36.8 Å². The largest absolute Gasteiger partial charge is 0.416 e. The van der Waals surface area contributed by atoms with Crippen LogP contribution in [0.25, 0.3) is 21.9 Å². The maximum atomic E-state index is 13.4. The Labute approximate surface area is 173 Å². The van der Waals surface area contributed by atoms with Gasteiger partial charge in [0.25, 0.3) is 0 Å². The molecular formula is C20H18F3N5OS. The molecule has 10 heteroatoms. The fourth-order valence-corrected chi connectivity index (χ4v) is 4.60. The Balaban J connectivity index is 1.76. The number of pyridine rings is 1. The van der Waals surface area contributed by atoms with Gasteiger partial charge in [-0.15, -0.1) is 5.10 Å². The first-order chi connectivity index (χ1) is 14.4. The molecule has 1 saturated heterocycles. The minimum absolute atomic E-state index is 0.0637. The molecule has 0 aliphatic carbocycles. The smallest absolute Gasteiger partial charge is 0.378 e. The van der Waals surface area contributed by atoms with Gasteiger partial charge in [-0.1, -0.05) is 4.49 Å². The number of ether oxygens (including phenoxy) is 1. The zero-order valence-electron chi connectivity index (χ0n) is 16.1. The van der Waals surface area contributed by atoms with Crippen molar-refractivity contribution in [1.29, 1.82) is 0 Å². The zero-order chi connectivity index (χ0) is 20.9. The predicted molar refractivity (Wildman–Crippen MR) is 106 cm³/mol. The summed E-state index contributed by atoms with van der Waals surface area (Å²) in [5.41, 5.74) is 1.87. The monoisotopic (exact) mass is 433 g/mol. The van der Waals surface area contributed by atoms with E-state index in [4.69, 9.17) is 9.72 Å². The van der Waals surface area contributed by atoms with Crippen LogP contribution in [0.4, 0.5) is 13.2 Å². The van der Waals surface area contributed by atoms with Crippen LogP contribution < -0.4 is 0 Å². The van der Waals surface area contributed by atoms with E-state index in [9.17, 15) is 13.2 Å². The summed E-state index contributed by atoms with van der Waals surface area (Å²) in [7, 11) is 0. The van der Waals surface area contributed by atoms with Gasteiger partial charge in [0.1, 0.15) is 11.3 Å². The highest BCUT2D eigenvalue weighted by atomic mass is 32.1. The second-order valence-corrected chi connectivity index (χ2v) is 8.16. The van der Waals surface area contributed by atoms with E-state index >= 15 is 0 Å². The third-order valence-electron chi connectivity index (χ3n) is 5.48. The van der Waals surface area contributed by atoms with Crippen molar-refractivity contribution in [3.05, 3.63) is 46.9 Å². The van der Waals surface area contributed by atoms with E-state index in [0.717, 1.165) is 30.4 Å². The van der Waals surface area contributed by atoms with Crippen LogP contribution >= 0.6 is 11.5 Å². The summed E-state index contributed by atoms with van der Waals surface area (Å²) >= 11 is 1.26. The lowest BCUT2D eigenvalue weighted by atomic mass is 10.0. The molecular weight excluding hydrogens is 415 g/mol. The van der Waals surface area contributed by atoms with Crippen LogP contribution in [0.15, 0.2) is 29.8 Å². The average Bonchev–Trinajstić information content (AvgIpc) is 3.34. The molecule has 4 heterocycles. The Morgan fingerprint density at radius 3 is 2.87 bits per heavy atom. The summed E-state index contributed by atoms with van der Waals surface area (Å²) in [6.07, 6.45) is -0.750. The van der Waals surface area contributed by atoms with Crippen molar-refractivity contribution in [2.24, 2.45) is 0 Å². The first-order valence-corrected chi connectivity index (χ1v) is 10.5. The highest BCUT2D eigenvalue weighted by Crippen LogP contribution is 2.37. The molecule has 3 aromatic heterocycles. The molecule has 1 aliphatic rings. The van der Waals surface area contributed by atoms with Crippen molar-refractivity contribution < 1.29 is 17.9 Å². The van der Waals surface area contributed by atoms with Crippen LogP contribution in [0.2, 0.25) is 0 Å². The molecule has 1 aliphatic heterocycles. The average molecular weight is 433 g/mol. The van der Waals surface area contributed by atoms with Gasteiger partial charge >= 0.3 is 6.18 Å². The topological polar surface area (TPSA) is 65.7 Å². The highest BCUT2D eigenvalue weighted by molar-refractivity contribution is 7.03. The normalized spacial score (nSPS) is 20.3. The molecule has 1 aromatic carbocycles. The highest BCUT2D eigenvalue weighted by Gasteiger charge is 2.32. The molecule has 0 unspecified atom stereocenters. The van der Waals surface area contributed by atoms with Crippen molar-refractivity contribution in [1.82, 2.24) is 24.1 Å². The quantitative estimate of drug-likeness (QED) is 0.465. The lowest BCUT2D eigenvalue weighted by molar-refractivity contribution is -0.137. The maximum Gasteiger partial charge on any atom is 0.416 e. The predicted octanol–water partition coefficient (Wildman–Crippen LogP) is 4.79. The van der Waals surface area contributed by atoms with Gasteiger partial charge < -0.3 is 9.30 Å². The number of hydrogen-bond donors (Lipinski definition) is 0. The maximum absolute atomic E-state index is 13.4. The molecule has 0 spiro atoms. The Bertz CT molecular complexity index is 1200. The molecule has 6 nitrogen and oxygen atoms in total. The van der Waals surface area contributed by atoms with Gasteiger partial charge in [-0.05, 0) is 49.5 Å². The minimum atomic E-state index is -4.43. The van der Waals surface area contributed by atoms with Gasteiger partial charge in [0, 0.05) is 23.4 Å². The number of alkyl halides is 3. The van der Waals surface area contributed by atoms with Crippen molar-refractivity contribution in [2.45, 2.75) is 44.5 Å². The fourth-order valence-electron chi connectivity index (χ4n) is 4.15. The summed E-state index contributed by atoms with van der Waals surface area (Å²) in [5, 5.41) is 6.43. The molecule has 4 aromatic rings. The molecule has 30 heavy (non-hydrogen) atoms. The Morgan fingerprint density at radius 2 is 2.13 bits per heavy atom. The third-order valence-corrected chi connectivity index (χ3v) is 6.04. The molecule has 0 saturated carbocycles. The Hall–Kier alpha value is -2.59. The van der Waals surface area contributed by atoms with Gasteiger partial charge in [-0.25, -0.2) is 4.98 Å². The molecule has 156 valence electrons. The minimum Gasteiger partial charge on any atom is -0.378 e. The van der Waals surface area contributed by atoms with Crippen molar-refractivity contribution in [3.8, 4) is 0 Å². The number of hydrogen-bond acceptors (Lipinski definition) is 6. The first kappa shape index (κ1) is 19.4. The summed E-state index contributed by atoms with van der Waals surface area (Å²) in [4.78, 5) is 9.10. The number of rotatable bonds is 3. The van der Waals surface area contributed by atoms with Crippen LogP contribution in [0.5, 0.6) is 0 Å². The number of fused-ring (bicyclic) bond motifs is 3. The lowest BCUT2D eigenvalue weighted by Crippen LogP contribution is -2.26. The van der Waals surface area contributed by atoms with Crippen LogP contribution in [0.3, 0.4) is 0 Å². The summed E-state index contributed by atoms with van der Waals surface area (Å²) < 4.78 is 51.9. The Kier molecular flexibility index (Phi) is 4.70. The summed E-state index contributed by atoms with van der Waals surface area (Å²) in [6.45, 7) is 2.61. The van der Waals surface area contributed by atoms with E-state index in [0.29, 0.717) is 35.0 Å². The van der Waals surface area contributed by atoms with E-state index in [1.54, 1.807) is 6.20 Å². The molecule has 0 bridgehead atoms. The zero-order valence-corrected chi connectivity index (χ0v) is 16.9. The van der Waals surface area contributed by atoms with Gasteiger partial charge in [0.15, 0.2) is 0 Å². The molecule has 0 amide bonds. The standard InChI is InChI=1S/C20H18F3N5OS/c1-11-6-14(4-5-29-11)28-18(8-13-10-30-27-26-13)25-17-9-24-16-3-2-12(20(21,22)23)7-15(16)19(17)28/h2-3,7,9-11,14H,4-6,8H2,1H3/t11-,14-/m1/s1. The van der Waals surface area contributed by atoms with Crippen LogP contribution in [-0.2, 0) is 17.3 Å². The molecule has 1 fully saturated rings. The number of halogens is 3. The number of nitrogens with zero attached hydrogens (tertiary/aromatic N) is 5. The van der Waals surface area contributed by atoms with E-state index in [2.05, 4.69) is 19.1 Å². The van der Waals surface area contributed by atoms with Gasteiger partial charge in [-0.3, -0.25) is 4.98 Å². The lowest BCUT2D eigenvalue weighted by Gasteiger charge is -2.30. The molecule has 2 atom stereocenters. The summed E-state index contributed by atoms with van der Waals surface area (Å²) in [6, 6.07) is 3.74. The van der Waals surface area contributed by atoms with Gasteiger partial charge in [-0.2, -0.15) is 13.2 Å². The van der Waals surface area contributed by atoms with E-state index < -0.39 is 11.7 Å². The van der Waals surface area contributed by atoms with Crippen LogP contribution in [0, 0.1) is 0 Å². The molecule has 0 N–H and O–H groups in total. The van der Waals surface area contributed by atoms with E-state index in [1.807, 2.05) is 12.3 Å². The van der Waals surface area contributed by atoms with Gasteiger partial charge in [0.2, 0.25) is 0 Å². The first-order valence-electron chi connectivity index (χ1n) is 9.64. The van der Waals surface area contributed by atoms with Crippen molar-refractivity contribution in [3.63, 3.8) is 0 Å². The SMILES string of the molecule is C[C@@H]1C[C@H](n2c(Cc3csnn3)nc3cnc4ccc(C(F)(F)F)cc4c32)CCO1. The van der Waals surface area contributed by atoms with E-state index in [1.165, 1.54) is 23.7 Å². The number of benzene rings is 1. The van der Waals surface area contributed by atoms with E-state index in [-0.39, 0.29) is 12.1 Å². The third kappa shape index (κ3) is 3.43.